The maximum absolute atomic E-state index is 12.9. The lowest BCUT2D eigenvalue weighted by molar-refractivity contribution is 0.0981. The molecule has 0 unspecified atom stereocenters. The third-order valence-electron chi connectivity index (χ3n) is 3.90. The molecule has 5 heteroatoms. The lowest BCUT2D eigenvalue weighted by Crippen LogP contribution is -2.36. The minimum absolute atomic E-state index is 0.0428. The minimum atomic E-state index is -0.615. The summed E-state index contributed by atoms with van der Waals surface area (Å²) >= 11 is 0. The van der Waals surface area contributed by atoms with E-state index in [4.69, 9.17) is 4.42 Å². The second-order valence-electron chi connectivity index (χ2n) is 5.58. The van der Waals surface area contributed by atoms with Gasteiger partial charge in [0.2, 0.25) is 0 Å². The fourth-order valence-electron chi connectivity index (χ4n) is 2.63. The fraction of sp³-hybridized carbons (Fsp3) is 0.167. The molecule has 5 nitrogen and oxygen atoms in total. The molecule has 0 bridgehead atoms. The largest absolute Gasteiger partial charge is 0.422 e. The molecule has 1 fully saturated rings. The van der Waals surface area contributed by atoms with Crippen molar-refractivity contribution in [3.8, 4) is 0 Å². The van der Waals surface area contributed by atoms with E-state index < -0.39 is 5.63 Å². The molecule has 1 saturated carbocycles. The number of anilines is 1. The van der Waals surface area contributed by atoms with E-state index in [9.17, 15) is 9.59 Å². The van der Waals surface area contributed by atoms with Gasteiger partial charge in [0.15, 0.2) is 0 Å². The topological polar surface area (TPSA) is 63.4 Å². The fourth-order valence-corrected chi connectivity index (χ4v) is 2.63. The van der Waals surface area contributed by atoms with E-state index in [-0.39, 0.29) is 17.5 Å². The highest BCUT2D eigenvalue weighted by molar-refractivity contribution is 6.07. The third kappa shape index (κ3) is 2.50. The van der Waals surface area contributed by atoms with E-state index in [1.54, 1.807) is 41.4 Å². The van der Waals surface area contributed by atoms with Crippen molar-refractivity contribution in [2.24, 2.45) is 0 Å². The number of para-hydroxylation sites is 1. The van der Waals surface area contributed by atoms with E-state index in [0.29, 0.717) is 11.4 Å². The van der Waals surface area contributed by atoms with Gasteiger partial charge in [0, 0.05) is 17.6 Å². The van der Waals surface area contributed by atoms with Crippen LogP contribution in [-0.2, 0) is 0 Å². The highest BCUT2D eigenvalue weighted by atomic mass is 16.4. The Morgan fingerprint density at radius 2 is 1.91 bits per heavy atom. The summed E-state index contributed by atoms with van der Waals surface area (Å²) in [6.07, 6.45) is 3.48. The first-order valence-corrected chi connectivity index (χ1v) is 7.51. The summed E-state index contributed by atoms with van der Waals surface area (Å²) in [4.78, 5) is 31.0. The molecule has 0 saturated heterocycles. The molecule has 2 aromatic heterocycles. The first-order valence-electron chi connectivity index (χ1n) is 7.51. The molecule has 1 aliphatic rings. The molecule has 4 rings (SSSR count). The van der Waals surface area contributed by atoms with Gasteiger partial charge in [0.05, 0.1) is 0 Å². The van der Waals surface area contributed by atoms with E-state index in [1.165, 1.54) is 0 Å². The van der Waals surface area contributed by atoms with Crippen LogP contribution in [-0.4, -0.2) is 16.9 Å². The first kappa shape index (κ1) is 13.7. The van der Waals surface area contributed by atoms with Gasteiger partial charge in [-0.3, -0.25) is 9.69 Å². The highest BCUT2D eigenvalue weighted by Crippen LogP contribution is 2.31. The number of nitrogens with zero attached hydrogens (tertiary/aromatic N) is 2. The number of aromatic nitrogens is 1. The van der Waals surface area contributed by atoms with Crippen LogP contribution in [0.25, 0.3) is 11.0 Å². The van der Waals surface area contributed by atoms with Gasteiger partial charge in [0.1, 0.15) is 17.0 Å². The average molecular weight is 306 g/mol. The van der Waals surface area contributed by atoms with Crippen LogP contribution in [0, 0.1) is 0 Å². The van der Waals surface area contributed by atoms with Gasteiger partial charge in [-0.25, -0.2) is 9.78 Å². The molecular formula is C18H14N2O3. The lowest BCUT2D eigenvalue weighted by Gasteiger charge is -2.20. The summed E-state index contributed by atoms with van der Waals surface area (Å²) in [6, 6.07) is 14.3. The van der Waals surface area contributed by atoms with E-state index in [2.05, 4.69) is 4.98 Å². The number of rotatable bonds is 3. The summed E-state index contributed by atoms with van der Waals surface area (Å²) in [7, 11) is 0. The number of fused-ring (bicyclic) bond motifs is 1. The van der Waals surface area contributed by atoms with Gasteiger partial charge < -0.3 is 4.42 Å². The molecule has 0 spiro atoms. The third-order valence-corrected chi connectivity index (χ3v) is 3.90. The predicted octanol–water partition coefficient (Wildman–Crippen LogP) is 3.00. The molecule has 23 heavy (non-hydrogen) atoms. The number of carbonyl (C=O) groups is 1. The monoisotopic (exact) mass is 306 g/mol. The molecule has 0 aliphatic heterocycles. The molecule has 0 atom stereocenters. The number of carbonyl (C=O) groups excluding carboxylic acids is 1. The first-order chi connectivity index (χ1) is 11.2. The van der Waals surface area contributed by atoms with Crippen LogP contribution in [0.2, 0.25) is 0 Å². The van der Waals surface area contributed by atoms with Gasteiger partial charge >= 0.3 is 5.63 Å². The Balaban J connectivity index is 1.81. The van der Waals surface area contributed by atoms with E-state index >= 15 is 0 Å². The maximum Gasteiger partial charge on any atom is 0.349 e. The Labute approximate surface area is 132 Å². The summed E-state index contributed by atoms with van der Waals surface area (Å²) in [6.45, 7) is 0. The van der Waals surface area contributed by atoms with Crippen molar-refractivity contribution in [1.82, 2.24) is 4.98 Å². The smallest absolute Gasteiger partial charge is 0.349 e. The van der Waals surface area contributed by atoms with Gasteiger partial charge in [-0.2, -0.15) is 0 Å². The quantitative estimate of drug-likeness (QED) is 0.698. The second kappa shape index (κ2) is 5.35. The van der Waals surface area contributed by atoms with Crippen molar-refractivity contribution in [2.75, 3.05) is 4.90 Å². The van der Waals surface area contributed by atoms with Crippen LogP contribution in [0.3, 0.4) is 0 Å². The zero-order valence-electron chi connectivity index (χ0n) is 12.3. The van der Waals surface area contributed by atoms with Crippen LogP contribution in [0.15, 0.2) is 63.9 Å². The summed E-state index contributed by atoms with van der Waals surface area (Å²) in [5.41, 5.74) is -0.0959. The molecule has 1 aliphatic carbocycles. The molecule has 0 N–H and O–H groups in total. The number of amides is 1. The summed E-state index contributed by atoms with van der Waals surface area (Å²) in [5.74, 6) is 0.207. The standard InChI is InChI=1S/C18H14N2O3/c21-17(20(13-8-9-13)16-7-3-4-10-19-16)14-11-12-5-1-2-6-15(12)23-18(14)22/h1-7,10-11,13H,8-9H2. The van der Waals surface area contributed by atoms with Crippen molar-refractivity contribution >= 4 is 22.7 Å². The number of pyridine rings is 1. The number of hydrogen-bond donors (Lipinski definition) is 0. The Kier molecular flexibility index (Phi) is 3.19. The van der Waals surface area contributed by atoms with Crippen LogP contribution in [0.5, 0.6) is 0 Å². The molecule has 3 aromatic rings. The minimum Gasteiger partial charge on any atom is -0.422 e. The van der Waals surface area contributed by atoms with Crippen LogP contribution in [0.4, 0.5) is 5.82 Å². The number of hydrogen-bond acceptors (Lipinski definition) is 4. The van der Waals surface area contributed by atoms with Gasteiger partial charge in [-0.1, -0.05) is 24.3 Å². The predicted molar refractivity (Wildman–Crippen MR) is 86.6 cm³/mol. The zero-order chi connectivity index (χ0) is 15.8. The summed E-state index contributed by atoms with van der Waals surface area (Å²) < 4.78 is 5.28. The van der Waals surface area contributed by atoms with E-state index in [1.807, 2.05) is 18.2 Å². The zero-order valence-corrected chi connectivity index (χ0v) is 12.3. The lowest BCUT2D eigenvalue weighted by atomic mass is 10.1. The Morgan fingerprint density at radius 3 is 2.65 bits per heavy atom. The number of benzene rings is 1. The summed E-state index contributed by atoms with van der Waals surface area (Å²) in [5, 5.41) is 0.729. The molecule has 1 aromatic carbocycles. The van der Waals surface area contributed by atoms with Crippen LogP contribution < -0.4 is 10.5 Å². The molecule has 1 amide bonds. The molecular weight excluding hydrogens is 292 g/mol. The van der Waals surface area contributed by atoms with E-state index in [0.717, 1.165) is 18.2 Å². The molecule has 114 valence electrons. The highest BCUT2D eigenvalue weighted by Gasteiger charge is 2.36. The van der Waals surface area contributed by atoms with Crippen molar-refractivity contribution in [3.05, 3.63) is 70.7 Å². The van der Waals surface area contributed by atoms with Crippen LogP contribution >= 0.6 is 0 Å². The Hall–Kier alpha value is -2.95. The normalized spacial score (nSPS) is 13.9. The van der Waals surface area contributed by atoms with Crippen molar-refractivity contribution < 1.29 is 9.21 Å². The van der Waals surface area contributed by atoms with Gasteiger partial charge in [-0.15, -0.1) is 0 Å². The maximum atomic E-state index is 12.9. The average Bonchev–Trinajstić information content (AvgIpc) is 3.40. The van der Waals surface area contributed by atoms with Crippen molar-refractivity contribution in [3.63, 3.8) is 0 Å². The van der Waals surface area contributed by atoms with Crippen molar-refractivity contribution in [1.29, 1.82) is 0 Å². The Bertz CT molecular complexity index is 930. The van der Waals surface area contributed by atoms with Gasteiger partial charge in [-0.05, 0) is 37.1 Å². The van der Waals surface area contributed by atoms with Crippen LogP contribution in [0.1, 0.15) is 23.2 Å². The molecule has 0 radical (unpaired) electrons. The van der Waals surface area contributed by atoms with Gasteiger partial charge in [0.25, 0.3) is 5.91 Å². The Morgan fingerprint density at radius 1 is 1.13 bits per heavy atom. The van der Waals surface area contributed by atoms with Crippen molar-refractivity contribution in [2.45, 2.75) is 18.9 Å². The second-order valence-corrected chi connectivity index (χ2v) is 5.58. The molecule has 2 heterocycles. The SMILES string of the molecule is O=C(c1cc2ccccc2oc1=O)N(c1ccccn1)C1CC1.